The third-order valence-electron chi connectivity index (χ3n) is 5.19. The standard InChI is InChI=1S/C24H38N2/c1-3-5-7-9-12-17-23-18-16-22-26(25-20-14-11-15-21-25)24(23)19-13-10-8-6-4-2/h11,14-16,18,20-22H,3-10,12-13,17,19H2,1-2H3/q+2. The number of aryl methyl sites for hydroxylation is 1. The van der Waals surface area contributed by atoms with Gasteiger partial charge in [-0.1, -0.05) is 65.2 Å². The molecule has 26 heavy (non-hydrogen) atoms. The highest BCUT2D eigenvalue weighted by Crippen LogP contribution is 2.14. The molecule has 2 aromatic heterocycles. The lowest BCUT2D eigenvalue weighted by atomic mass is 10.0. The van der Waals surface area contributed by atoms with E-state index in [4.69, 9.17) is 0 Å². The third-order valence-corrected chi connectivity index (χ3v) is 5.19. The van der Waals surface area contributed by atoms with Gasteiger partial charge in [-0.2, -0.15) is 0 Å². The molecular weight excluding hydrogens is 316 g/mol. The summed E-state index contributed by atoms with van der Waals surface area (Å²) in [6.45, 7) is 4.57. The van der Waals surface area contributed by atoms with E-state index in [2.05, 4.69) is 72.1 Å². The first-order valence-corrected chi connectivity index (χ1v) is 10.9. The van der Waals surface area contributed by atoms with Gasteiger partial charge >= 0.3 is 0 Å². The number of hydrogen-bond donors (Lipinski definition) is 0. The van der Waals surface area contributed by atoms with Crippen LogP contribution in [0, 0.1) is 0 Å². The zero-order chi connectivity index (χ0) is 18.5. The molecule has 0 amide bonds. The monoisotopic (exact) mass is 354 g/mol. The van der Waals surface area contributed by atoms with Gasteiger partial charge in [0.25, 0.3) is 5.69 Å². The molecule has 2 rings (SSSR count). The van der Waals surface area contributed by atoms with Gasteiger partial charge in [-0.3, -0.25) is 0 Å². The zero-order valence-corrected chi connectivity index (χ0v) is 17.0. The van der Waals surface area contributed by atoms with E-state index in [0.717, 1.165) is 0 Å². The predicted octanol–water partition coefficient (Wildman–Crippen LogP) is 5.60. The van der Waals surface area contributed by atoms with Crippen LogP contribution in [-0.4, -0.2) is 0 Å². The van der Waals surface area contributed by atoms with Crippen molar-refractivity contribution < 1.29 is 9.35 Å². The molecule has 2 heteroatoms. The van der Waals surface area contributed by atoms with Crippen molar-refractivity contribution in [3.05, 3.63) is 60.2 Å². The SMILES string of the molecule is CCCCCCCc1ccc[n+](-[n+]2ccccc2)c1CCCCCCC. The van der Waals surface area contributed by atoms with Gasteiger partial charge in [0.05, 0.1) is 9.35 Å². The van der Waals surface area contributed by atoms with Crippen LogP contribution in [0.2, 0.25) is 0 Å². The summed E-state index contributed by atoms with van der Waals surface area (Å²) in [6.07, 6.45) is 22.3. The Hall–Kier alpha value is -1.70. The lowest BCUT2D eigenvalue weighted by molar-refractivity contribution is -1.30. The second kappa shape index (κ2) is 12.6. The summed E-state index contributed by atoms with van der Waals surface area (Å²) >= 11 is 0. The van der Waals surface area contributed by atoms with E-state index in [0.29, 0.717) is 0 Å². The first-order valence-electron chi connectivity index (χ1n) is 10.9. The fourth-order valence-electron chi connectivity index (χ4n) is 3.64. The van der Waals surface area contributed by atoms with Crippen LogP contribution in [0.25, 0.3) is 0 Å². The summed E-state index contributed by atoms with van der Waals surface area (Å²) in [4.78, 5) is 0. The number of unbranched alkanes of at least 4 members (excludes halogenated alkanes) is 8. The Morgan fingerprint density at radius 2 is 1.23 bits per heavy atom. The van der Waals surface area contributed by atoms with Gasteiger partial charge < -0.3 is 0 Å². The molecule has 0 saturated carbocycles. The molecule has 2 heterocycles. The number of pyridine rings is 2. The second-order valence-corrected chi connectivity index (χ2v) is 7.41. The molecule has 0 N–H and O–H groups in total. The Balaban J connectivity index is 2.09. The highest BCUT2D eigenvalue weighted by Gasteiger charge is 2.22. The summed E-state index contributed by atoms with van der Waals surface area (Å²) in [5, 5.41) is 0. The molecule has 0 spiro atoms. The number of rotatable bonds is 13. The largest absolute Gasteiger partial charge is 0.257 e. The van der Waals surface area contributed by atoms with Gasteiger partial charge in [0.2, 0.25) is 18.6 Å². The minimum atomic E-state index is 1.18. The van der Waals surface area contributed by atoms with Gasteiger partial charge in [0.1, 0.15) is 0 Å². The average Bonchev–Trinajstić information content (AvgIpc) is 2.69. The number of aromatic nitrogens is 2. The Labute approximate surface area is 160 Å². The Morgan fingerprint density at radius 1 is 0.615 bits per heavy atom. The lowest BCUT2D eigenvalue weighted by Crippen LogP contribution is -2.68. The van der Waals surface area contributed by atoms with Crippen molar-refractivity contribution in [1.29, 1.82) is 0 Å². The van der Waals surface area contributed by atoms with Crippen molar-refractivity contribution in [3.63, 3.8) is 0 Å². The normalized spacial score (nSPS) is 11.0. The average molecular weight is 355 g/mol. The van der Waals surface area contributed by atoms with Crippen LogP contribution in [0.15, 0.2) is 48.9 Å². The van der Waals surface area contributed by atoms with Crippen molar-refractivity contribution in [2.24, 2.45) is 0 Å². The molecule has 2 nitrogen and oxygen atoms in total. The molecule has 0 aliphatic carbocycles. The summed E-state index contributed by atoms with van der Waals surface area (Å²) in [5.74, 6) is 0. The summed E-state index contributed by atoms with van der Waals surface area (Å²) < 4.78 is 4.56. The van der Waals surface area contributed by atoms with Crippen LogP contribution in [0.1, 0.15) is 89.3 Å². The maximum absolute atomic E-state index is 2.35. The van der Waals surface area contributed by atoms with E-state index in [1.54, 1.807) is 0 Å². The smallest absolute Gasteiger partial charge is 0.0654 e. The van der Waals surface area contributed by atoms with E-state index >= 15 is 0 Å². The molecule has 0 radical (unpaired) electrons. The first-order chi connectivity index (χ1) is 12.9. The van der Waals surface area contributed by atoms with E-state index in [1.165, 1.54) is 88.3 Å². The Kier molecular flexibility index (Phi) is 10.0. The zero-order valence-electron chi connectivity index (χ0n) is 17.0. The van der Waals surface area contributed by atoms with Gasteiger partial charge in [-0.15, -0.1) is 0 Å². The summed E-state index contributed by atoms with van der Waals surface area (Å²) in [7, 11) is 0. The Morgan fingerprint density at radius 3 is 1.88 bits per heavy atom. The minimum Gasteiger partial charge on any atom is -0.0654 e. The fraction of sp³-hybridized carbons (Fsp3) is 0.583. The molecule has 0 bridgehead atoms. The summed E-state index contributed by atoms with van der Waals surface area (Å²) in [5.41, 5.74) is 3.03. The van der Waals surface area contributed by atoms with E-state index < -0.39 is 0 Å². The van der Waals surface area contributed by atoms with Crippen LogP contribution in [0.3, 0.4) is 0 Å². The van der Waals surface area contributed by atoms with Crippen LogP contribution in [-0.2, 0) is 12.8 Å². The second-order valence-electron chi connectivity index (χ2n) is 7.41. The molecule has 0 aliphatic heterocycles. The third kappa shape index (κ3) is 6.90. The lowest BCUT2D eigenvalue weighted by Gasteiger charge is -2.06. The number of hydrogen-bond acceptors (Lipinski definition) is 0. The maximum atomic E-state index is 2.35. The highest BCUT2D eigenvalue weighted by molar-refractivity contribution is 5.16. The molecule has 142 valence electrons. The molecular formula is C24H38N2+2. The van der Waals surface area contributed by atoms with Crippen LogP contribution in [0.5, 0.6) is 0 Å². The number of nitrogens with zero attached hydrogens (tertiary/aromatic N) is 2. The quantitative estimate of drug-likeness (QED) is 0.327. The van der Waals surface area contributed by atoms with E-state index in [9.17, 15) is 0 Å². The van der Waals surface area contributed by atoms with Crippen LogP contribution in [0.4, 0.5) is 0 Å². The molecule has 0 atom stereocenters. The van der Waals surface area contributed by atoms with Crippen LogP contribution < -0.4 is 9.35 Å². The first kappa shape index (κ1) is 20.6. The maximum Gasteiger partial charge on any atom is 0.257 e. The van der Waals surface area contributed by atoms with Crippen molar-refractivity contribution in [3.8, 4) is 0 Å². The van der Waals surface area contributed by atoms with Gasteiger partial charge in [0.15, 0.2) is 0 Å². The fourth-order valence-corrected chi connectivity index (χ4v) is 3.64. The van der Waals surface area contributed by atoms with Gasteiger partial charge in [-0.05, 0) is 31.4 Å². The molecule has 0 fully saturated rings. The van der Waals surface area contributed by atoms with Crippen molar-refractivity contribution >= 4 is 0 Å². The van der Waals surface area contributed by atoms with Crippen molar-refractivity contribution in [2.45, 2.75) is 90.9 Å². The molecule has 0 saturated heterocycles. The molecule has 0 aromatic carbocycles. The highest BCUT2D eigenvalue weighted by atomic mass is 15.4. The van der Waals surface area contributed by atoms with E-state index in [1.807, 2.05) is 0 Å². The molecule has 2 aromatic rings. The van der Waals surface area contributed by atoms with Gasteiger partial charge in [-0.25, -0.2) is 0 Å². The summed E-state index contributed by atoms with van der Waals surface area (Å²) in [6, 6.07) is 10.9. The topological polar surface area (TPSA) is 7.76 Å². The predicted molar refractivity (Wildman–Crippen MR) is 109 cm³/mol. The van der Waals surface area contributed by atoms with Crippen molar-refractivity contribution in [1.82, 2.24) is 0 Å². The Bertz CT molecular complexity index is 607. The molecule has 0 unspecified atom stereocenters. The van der Waals surface area contributed by atoms with Crippen molar-refractivity contribution in [2.75, 3.05) is 0 Å². The van der Waals surface area contributed by atoms with Gasteiger partial charge in [0, 0.05) is 30.2 Å². The minimum absolute atomic E-state index is 1.18. The molecule has 0 aliphatic rings. The van der Waals surface area contributed by atoms with E-state index in [-0.39, 0.29) is 0 Å². The van der Waals surface area contributed by atoms with Crippen LogP contribution >= 0.6 is 0 Å².